The summed E-state index contributed by atoms with van der Waals surface area (Å²) in [6.07, 6.45) is 1.31. The fraction of sp³-hybridized carbons (Fsp3) is 0.577. The molecule has 7 nitrogen and oxygen atoms in total. The van der Waals surface area contributed by atoms with Crippen LogP contribution in [0, 0.1) is 5.41 Å². The van der Waals surface area contributed by atoms with Crippen molar-refractivity contribution in [3.63, 3.8) is 0 Å². The molecule has 1 saturated heterocycles. The van der Waals surface area contributed by atoms with E-state index in [0.717, 1.165) is 54.4 Å². The number of methoxy groups -OCH3 is 1. The van der Waals surface area contributed by atoms with Crippen molar-refractivity contribution in [2.45, 2.75) is 75.4 Å². The lowest BCUT2D eigenvalue weighted by Crippen LogP contribution is -2.43. The third-order valence-corrected chi connectivity index (χ3v) is 8.47. The van der Waals surface area contributed by atoms with Gasteiger partial charge in [0.1, 0.15) is 10.6 Å². The molecule has 2 heterocycles. The number of aromatic nitrogens is 1. The molecular formula is C26H33F3N4O3S. The molecule has 4 rings (SSSR count). The van der Waals surface area contributed by atoms with Crippen LogP contribution in [0.4, 0.5) is 13.2 Å². The summed E-state index contributed by atoms with van der Waals surface area (Å²) in [5, 5.41) is 23.2. The number of thiazole rings is 1. The van der Waals surface area contributed by atoms with E-state index in [2.05, 4.69) is 15.2 Å². The van der Waals surface area contributed by atoms with Crippen molar-refractivity contribution in [1.82, 2.24) is 15.2 Å². The van der Waals surface area contributed by atoms with Gasteiger partial charge in [-0.05, 0) is 56.2 Å². The van der Waals surface area contributed by atoms with Crippen LogP contribution in [0.1, 0.15) is 66.0 Å². The van der Waals surface area contributed by atoms with Gasteiger partial charge >= 0.3 is 6.18 Å². The molecule has 37 heavy (non-hydrogen) atoms. The molecular weight excluding hydrogens is 505 g/mol. The number of amides is 1. The van der Waals surface area contributed by atoms with Gasteiger partial charge in [0.15, 0.2) is 0 Å². The van der Waals surface area contributed by atoms with Crippen molar-refractivity contribution in [2.75, 3.05) is 20.2 Å². The lowest BCUT2D eigenvalue weighted by molar-refractivity contribution is -0.137. The number of carbonyl (C=O) groups excluding carboxylic acids is 1. The van der Waals surface area contributed by atoms with Crippen molar-refractivity contribution in [2.24, 2.45) is 0 Å². The number of hydrogen-bond acceptors (Lipinski definition) is 7. The SMILES string of the molecule is COCc1ncc(C2(O)CCC(N3CC[C@@H](NC(=O)CCC(=N)c4cccc(C(F)(F)F)c4)C3)CC2)s1. The maximum atomic E-state index is 12.9. The number of nitrogens with one attached hydrogen (secondary N) is 2. The molecule has 1 aromatic heterocycles. The summed E-state index contributed by atoms with van der Waals surface area (Å²) in [4.78, 5) is 20.1. The Labute approximate surface area is 218 Å². The van der Waals surface area contributed by atoms with E-state index in [1.165, 1.54) is 23.5 Å². The first-order valence-electron chi connectivity index (χ1n) is 12.5. The zero-order chi connectivity index (χ0) is 26.6. The summed E-state index contributed by atoms with van der Waals surface area (Å²) < 4.78 is 43.9. The Morgan fingerprint density at radius 2 is 2.05 bits per heavy atom. The van der Waals surface area contributed by atoms with Gasteiger partial charge in [-0.25, -0.2) is 4.98 Å². The Balaban J connectivity index is 1.21. The van der Waals surface area contributed by atoms with E-state index in [4.69, 9.17) is 10.1 Å². The summed E-state index contributed by atoms with van der Waals surface area (Å²) in [5.41, 5.74) is -1.45. The molecule has 1 atom stereocenters. The second kappa shape index (κ2) is 11.6. The minimum Gasteiger partial charge on any atom is -0.384 e. The van der Waals surface area contributed by atoms with Crippen molar-refractivity contribution >= 4 is 23.0 Å². The summed E-state index contributed by atoms with van der Waals surface area (Å²) >= 11 is 1.50. The summed E-state index contributed by atoms with van der Waals surface area (Å²) in [7, 11) is 1.62. The quantitative estimate of drug-likeness (QED) is 0.409. The number of nitrogens with zero attached hydrogens (tertiary/aromatic N) is 2. The molecule has 0 radical (unpaired) electrons. The van der Waals surface area contributed by atoms with Crippen molar-refractivity contribution in [1.29, 1.82) is 5.41 Å². The van der Waals surface area contributed by atoms with Gasteiger partial charge < -0.3 is 20.6 Å². The highest BCUT2D eigenvalue weighted by atomic mass is 32.1. The molecule has 0 bridgehead atoms. The van der Waals surface area contributed by atoms with Crippen LogP contribution in [0.25, 0.3) is 0 Å². The zero-order valence-corrected chi connectivity index (χ0v) is 21.6. The standard InChI is InChI=1S/C26H33F3N4O3S/c1-36-16-24-31-14-22(37-24)25(35)10-7-20(8-11-25)33-12-9-19(15-33)32-23(34)6-5-21(30)17-3-2-4-18(13-17)26(27,28)29/h2-4,13-14,19-20,30,35H,5-12,15-16H2,1H3,(H,32,34)/t19-,20?,25?/m1/s1. The van der Waals surface area contributed by atoms with E-state index in [1.54, 1.807) is 13.3 Å². The van der Waals surface area contributed by atoms with Crippen LogP contribution < -0.4 is 5.32 Å². The minimum absolute atomic E-state index is 0.00847. The van der Waals surface area contributed by atoms with E-state index in [0.29, 0.717) is 25.5 Å². The van der Waals surface area contributed by atoms with E-state index in [1.807, 2.05) is 0 Å². The molecule has 1 amide bonds. The lowest BCUT2D eigenvalue weighted by atomic mass is 9.81. The summed E-state index contributed by atoms with van der Waals surface area (Å²) in [6.45, 7) is 2.04. The Kier molecular flexibility index (Phi) is 8.67. The number of ether oxygens (including phenoxy) is 1. The molecule has 2 fully saturated rings. The molecule has 1 aliphatic carbocycles. The van der Waals surface area contributed by atoms with E-state index >= 15 is 0 Å². The van der Waals surface area contributed by atoms with Crippen LogP contribution in [-0.2, 0) is 27.9 Å². The molecule has 2 aliphatic rings. The van der Waals surface area contributed by atoms with E-state index < -0.39 is 17.3 Å². The van der Waals surface area contributed by atoms with Gasteiger partial charge in [0.2, 0.25) is 5.91 Å². The van der Waals surface area contributed by atoms with Crippen molar-refractivity contribution in [3.8, 4) is 0 Å². The van der Waals surface area contributed by atoms with Gasteiger partial charge in [0.25, 0.3) is 0 Å². The fourth-order valence-corrected chi connectivity index (χ4v) is 6.25. The third kappa shape index (κ3) is 6.95. The van der Waals surface area contributed by atoms with Crippen LogP contribution >= 0.6 is 11.3 Å². The molecule has 0 spiro atoms. The number of benzene rings is 1. The topological polar surface area (TPSA) is 98.5 Å². The molecule has 202 valence electrons. The van der Waals surface area contributed by atoms with E-state index in [9.17, 15) is 23.1 Å². The van der Waals surface area contributed by atoms with Crippen LogP contribution in [-0.4, -0.2) is 58.9 Å². The van der Waals surface area contributed by atoms with Crippen molar-refractivity contribution < 1.29 is 27.8 Å². The monoisotopic (exact) mass is 538 g/mol. The van der Waals surface area contributed by atoms with Crippen LogP contribution in [0.3, 0.4) is 0 Å². The van der Waals surface area contributed by atoms with Gasteiger partial charge in [0, 0.05) is 50.6 Å². The molecule has 2 aromatic rings. The average molecular weight is 539 g/mol. The summed E-state index contributed by atoms with van der Waals surface area (Å²) in [6, 6.07) is 5.02. The second-order valence-corrected chi connectivity index (χ2v) is 11.0. The molecule has 0 unspecified atom stereocenters. The molecule has 11 heteroatoms. The predicted octanol–water partition coefficient (Wildman–Crippen LogP) is 4.48. The third-order valence-electron chi connectivity index (χ3n) is 7.30. The number of carbonyl (C=O) groups is 1. The molecule has 1 aliphatic heterocycles. The minimum atomic E-state index is -4.46. The number of alkyl halides is 3. The van der Waals surface area contributed by atoms with Gasteiger partial charge in [-0.15, -0.1) is 11.3 Å². The first kappa shape index (κ1) is 27.7. The van der Waals surface area contributed by atoms with Crippen LogP contribution in [0.2, 0.25) is 0 Å². The summed E-state index contributed by atoms with van der Waals surface area (Å²) in [5.74, 6) is -0.196. The predicted molar refractivity (Wildman–Crippen MR) is 135 cm³/mol. The molecule has 1 aromatic carbocycles. The van der Waals surface area contributed by atoms with E-state index in [-0.39, 0.29) is 36.1 Å². The normalized spacial score (nSPS) is 24.8. The molecule has 1 saturated carbocycles. The second-order valence-electron chi connectivity index (χ2n) is 9.92. The highest BCUT2D eigenvalue weighted by Crippen LogP contribution is 2.41. The number of hydrogen-bond donors (Lipinski definition) is 3. The Hall–Kier alpha value is -2.34. The smallest absolute Gasteiger partial charge is 0.384 e. The first-order valence-corrected chi connectivity index (χ1v) is 13.3. The number of likely N-dealkylation sites (tertiary alicyclic amines) is 1. The lowest BCUT2D eigenvalue weighted by Gasteiger charge is -2.39. The number of aliphatic hydroxyl groups is 1. The van der Waals surface area contributed by atoms with Crippen molar-refractivity contribution in [3.05, 3.63) is 51.5 Å². The Bertz CT molecular complexity index is 1100. The average Bonchev–Trinajstić information content (AvgIpc) is 3.53. The van der Waals surface area contributed by atoms with Gasteiger partial charge in [-0.3, -0.25) is 9.69 Å². The number of rotatable bonds is 9. The van der Waals surface area contributed by atoms with Gasteiger partial charge in [-0.1, -0.05) is 12.1 Å². The molecule has 3 N–H and O–H groups in total. The van der Waals surface area contributed by atoms with Crippen LogP contribution in [0.5, 0.6) is 0 Å². The maximum absolute atomic E-state index is 12.9. The first-order chi connectivity index (χ1) is 17.6. The Morgan fingerprint density at radius 1 is 1.30 bits per heavy atom. The largest absolute Gasteiger partial charge is 0.416 e. The van der Waals surface area contributed by atoms with Crippen LogP contribution in [0.15, 0.2) is 30.5 Å². The Morgan fingerprint density at radius 3 is 2.76 bits per heavy atom. The highest BCUT2D eigenvalue weighted by molar-refractivity contribution is 7.11. The number of halogens is 3. The highest BCUT2D eigenvalue weighted by Gasteiger charge is 2.39. The zero-order valence-electron chi connectivity index (χ0n) is 20.8. The van der Waals surface area contributed by atoms with Gasteiger partial charge in [0.05, 0.1) is 17.0 Å². The maximum Gasteiger partial charge on any atom is 0.416 e. The van der Waals surface area contributed by atoms with Gasteiger partial charge in [-0.2, -0.15) is 13.2 Å². The fourth-order valence-electron chi connectivity index (χ4n) is 5.21.